The monoisotopic (exact) mass is 239 g/mol. The van der Waals surface area contributed by atoms with Gasteiger partial charge < -0.3 is 14.9 Å². The molecule has 6 heteroatoms. The van der Waals surface area contributed by atoms with Crippen LogP contribution in [0.2, 0.25) is 0 Å². The molecule has 0 spiro atoms. The normalized spacial score (nSPS) is 14.9. The van der Waals surface area contributed by atoms with Crippen molar-refractivity contribution < 1.29 is 13.9 Å². The fourth-order valence-corrected chi connectivity index (χ4v) is 1.64. The Labute approximate surface area is 99.7 Å². The van der Waals surface area contributed by atoms with Crippen molar-refractivity contribution in [3.05, 3.63) is 17.3 Å². The number of hydrogen-bond acceptors (Lipinski definition) is 5. The summed E-state index contributed by atoms with van der Waals surface area (Å²) in [7, 11) is 0. The van der Waals surface area contributed by atoms with E-state index < -0.39 is 5.60 Å². The third-order valence-corrected chi connectivity index (χ3v) is 2.32. The van der Waals surface area contributed by atoms with E-state index in [9.17, 15) is 4.79 Å². The summed E-state index contributed by atoms with van der Waals surface area (Å²) in [6, 6.07) is 0. The predicted octanol–water partition coefficient (Wildman–Crippen LogP) is 1.38. The molecule has 2 rings (SSSR count). The van der Waals surface area contributed by atoms with Crippen molar-refractivity contribution in [2.24, 2.45) is 5.73 Å². The maximum Gasteiger partial charge on any atom is 0.411 e. The number of ether oxygens (including phenoxy) is 1. The Hall–Kier alpha value is -1.56. The Morgan fingerprint density at radius 2 is 2.24 bits per heavy atom. The van der Waals surface area contributed by atoms with Gasteiger partial charge in [-0.15, -0.1) is 0 Å². The highest BCUT2D eigenvalue weighted by Crippen LogP contribution is 2.24. The first-order valence-corrected chi connectivity index (χ1v) is 5.54. The quantitative estimate of drug-likeness (QED) is 0.800. The van der Waals surface area contributed by atoms with Crippen molar-refractivity contribution in [2.75, 3.05) is 0 Å². The van der Waals surface area contributed by atoms with Gasteiger partial charge in [0, 0.05) is 0 Å². The summed E-state index contributed by atoms with van der Waals surface area (Å²) in [5.74, 6) is 1.22. The summed E-state index contributed by atoms with van der Waals surface area (Å²) in [4.78, 5) is 17.6. The zero-order valence-corrected chi connectivity index (χ0v) is 10.3. The average Bonchev–Trinajstić information content (AvgIpc) is 2.70. The molecule has 1 aromatic heterocycles. The van der Waals surface area contributed by atoms with Crippen molar-refractivity contribution in [1.82, 2.24) is 9.88 Å². The van der Waals surface area contributed by atoms with Gasteiger partial charge in [0.15, 0.2) is 0 Å². The number of oxazole rings is 1. The molecule has 0 radical (unpaired) electrons. The molecule has 0 fully saturated rings. The van der Waals surface area contributed by atoms with E-state index >= 15 is 0 Å². The lowest BCUT2D eigenvalue weighted by Crippen LogP contribution is -2.33. The minimum absolute atomic E-state index is 0.277. The summed E-state index contributed by atoms with van der Waals surface area (Å²) < 4.78 is 10.7. The maximum absolute atomic E-state index is 11.8. The summed E-state index contributed by atoms with van der Waals surface area (Å²) in [5, 5.41) is 0. The lowest BCUT2D eigenvalue weighted by atomic mass is 10.2. The highest BCUT2D eigenvalue weighted by molar-refractivity contribution is 5.68. The molecular formula is C11H17N3O3. The van der Waals surface area contributed by atoms with Gasteiger partial charge >= 0.3 is 6.09 Å². The molecule has 0 bridgehead atoms. The van der Waals surface area contributed by atoms with Crippen molar-refractivity contribution in [1.29, 1.82) is 0 Å². The zero-order valence-electron chi connectivity index (χ0n) is 10.3. The van der Waals surface area contributed by atoms with Gasteiger partial charge in [0.05, 0.1) is 19.6 Å². The van der Waals surface area contributed by atoms with Crippen molar-refractivity contribution in [2.45, 2.75) is 46.0 Å². The molecule has 0 saturated carbocycles. The van der Waals surface area contributed by atoms with Crippen LogP contribution < -0.4 is 5.73 Å². The van der Waals surface area contributed by atoms with E-state index in [4.69, 9.17) is 14.9 Å². The molecule has 94 valence electrons. The lowest BCUT2D eigenvalue weighted by molar-refractivity contribution is 0.0231. The molecule has 0 unspecified atom stereocenters. The minimum Gasteiger partial charge on any atom is -0.444 e. The second kappa shape index (κ2) is 4.03. The molecule has 2 heterocycles. The molecule has 0 aliphatic carbocycles. The van der Waals surface area contributed by atoms with Crippen LogP contribution >= 0.6 is 0 Å². The molecule has 0 atom stereocenters. The highest BCUT2D eigenvalue weighted by Gasteiger charge is 2.31. The maximum atomic E-state index is 11.8. The van der Waals surface area contributed by atoms with Crippen molar-refractivity contribution in [3.8, 4) is 0 Å². The number of amides is 1. The van der Waals surface area contributed by atoms with Gasteiger partial charge in [-0.3, -0.25) is 4.90 Å². The Morgan fingerprint density at radius 1 is 1.53 bits per heavy atom. The van der Waals surface area contributed by atoms with E-state index in [0.29, 0.717) is 24.7 Å². The second-order valence-corrected chi connectivity index (χ2v) is 5.02. The first-order chi connectivity index (χ1) is 7.89. The molecule has 2 N–H and O–H groups in total. The van der Waals surface area contributed by atoms with E-state index in [0.717, 1.165) is 5.69 Å². The Kier molecular flexibility index (Phi) is 2.82. The molecule has 6 nitrogen and oxygen atoms in total. The van der Waals surface area contributed by atoms with Gasteiger partial charge in [0.2, 0.25) is 5.89 Å². The topological polar surface area (TPSA) is 81.6 Å². The summed E-state index contributed by atoms with van der Waals surface area (Å²) >= 11 is 0. The van der Waals surface area contributed by atoms with E-state index in [-0.39, 0.29) is 12.6 Å². The zero-order chi connectivity index (χ0) is 12.6. The third-order valence-electron chi connectivity index (χ3n) is 2.32. The van der Waals surface area contributed by atoms with E-state index in [1.54, 1.807) is 4.90 Å². The Balaban J connectivity index is 2.00. The minimum atomic E-state index is -0.489. The fourth-order valence-electron chi connectivity index (χ4n) is 1.64. The van der Waals surface area contributed by atoms with Gasteiger partial charge in [-0.2, -0.15) is 0 Å². The Bertz CT molecular complexity index is 410. The van der Waals surface area contributed by atoms with E-state index in [2.05, 4.69) is 4.98 Å². The SMILES string of the molecule is CC(C)(C)OC(=O)N1Cc2nc(CN)oc2C1. The van der Waals surface area contributed by atoms with E-state index in [1.165, 1.54) is 0 Å². The van der Waals surface area contributed by atoms with E-state index in [1.807, 2.05) is 20.8 Å². The predicted molar refractivity (Wildman–Crippen MR) is 59.9 cm³/mol. The van der Waals surface area contributed by atoms with Gasteiger partial charge in [-0.05, 0) is 20.8 Å². The number of hydrogen-bond donors (Lipinski definition) is 1. The first kappa shape index (κ1) is 11.9. The van der Waals surface area contributed by atoms with Crippen LogP contribution in [0.1, 0.15) is 38.1 Å². The number of nitrogens with zero attached hydrogens (tertiary/aromatic N) is 2. The standard InChI is InChI=1S/C11H17N3O3/c1-11(2,3)17-10(15)14-5-7-8(6-14)16-9(4-12)13-7/h4-6,12H2,1-3H3. The molecule has 0 aromatic carbocycles. The molecular weight excluding hydrogens is 222 g/mol. The van der Waals surface area contributed by atoms with Crippen LogP contribution in [-0.4, -0.2) is 21.6 Å². The molecule has 1 aromatic rings. The van der Waals surface area contributed by atoms with Crippen molar-refractivity contribution in [3.63, 3.8) is 0 Å². The van der Waals surface area contributed by atoms with Crippen LogP contribution in [0.25, 0.3) is 0 Å². The molecule has 0 saturated heterocycles. The van der Waals surface area contributed by atoms with Crippen LogP contribution in [-0.2, 0) is 24.4 Å². The van der Waals surface area contributed by atoms with Crippen LogP contribution in [0.15, 0.2) is 4.42 Å². The fraction of sp³-hybridized carbons (Fsp3) is 0.636. The molecule has 17 heavy (non-hydrogen) atoms. The average molecular weight is 239 g/mol. The largest absolute Gasteiger partial charge is 0.444 e. The summed E-state index contributed by atoms with van der Waals surface area (Å²) in [6.45, 7) is 6.61. The van der Waals surface area contributed by atoms with Crippen molar-refractivity contribution >= 4 is 6.09 Å². The van der Waals surface area contributed by atoms with Gasteiger partial charge in [0.25, 0.3) is 0 Å². The number of nitrogens with two attached hydrogens (primary N) is 1. The van der Waals surface area contributed by atoms with Crippen LogP contribution in [0.3, 0.4) is 0 Å². The van der Waals surface area contributed by atoms with Crippen LogP contribution in [0, 0.1) is 0 Å². The number of carbonyl (C=O) groups is 1. The number of rotatable bonds is 1. The smallest absolute Gasteiger partial charge is 0.411 e. The molecule has 1 amide bonds. The summed E-state index contributed by atoms with van der Waals surface area (Å²) in [6.07, 6.45) is -0.347. The second-order valence-electron chi connectivity index (χ2n) is 5.02. The Morgan fingerprint density at radius 3 is 2.76 bits per heavy atom. The van der Waals surface area contributed by atoms with Gasteiger partial charge in [-0.1, -0.05) is 0 Å². The highest BCUT2D eigenvalue weighted by atomic mass is 16.6. The first-order valence-electron chi connectivity index (χ1n) is 5.54. The lowest BCUT2D eigenvalue weighted by Gasteiger charge is -2.23. The third kappa shape index (κ3) is 2.58. The van der Waals surface area contributed by atoms with Gasteiger partial charge in [0.1, 0.15) is 17.1 Å². The van der Waals surface area contributed by atoms with Crippen LogP contribution in [0.5, 0.6) is 0 Å². The molecule has 1 aliphatic rings. The van der Waals surface area contributed by atoms with Crippen LogP contribution in [0.4, 0.5) is 4.79 Å². The van der Waals surface area contributed by atoms with Gasteiger partial charge in [-0.25, -0.2) is 9.78 Å². The number of carbonyl (C=O) groups excluding carboxylic acids is 1. The summed E-state index contributed by atoms with van der Waals surface area (Å²) in [5.41, 5.74) is 5.71. The molecule has 1 aliphatic heterocycles. The number of aromatic nitrogens is 1. The number of fused-ring (bicyclic) bond motifs is 1.